The van der Waals surface area contributed by atoms with Gasteiger partial charge >= 0.3 is 0 Å². The molecule has 0 radical (unpaired) electrons. The Balaban J connectivity index is 1.95. The van der Waals surface area contributed by atoms with E-state index in [1.807, 2.05) is 0 Å². The van der Waals surface area contributed by atoms with Gasteiger partial charge in [0.2, 0.25) is 0 Å². The fraction of sp³-hybridized carbons (Fsp3) is 0.571. The van der Waals surface area contributed by atoms with Crippen molar-refractivity contribution >= 4 is 0 Å². The van der Waals surface area contributed by atoms with Crippen molar-refractivity contribution in [2.45, 2.75) is 32.2 Å². The number of aryl methyl sites for hydroxylation is 1. The molecule has 0 bridgehead atoms. The number of para-hydroxylation sites is 1. The summed E-state index contributed by atoms with van der Waals surface area (Å²) < 4.78 is 5.86. The van der Waals surface area contributed by atoms with Crippen LogP contribution >= 0.6 is 0 Å². The molecule has 1 heterocycles. The van der Waals surface area contributed by atoms with Crippen molar-refractivity contribution < 1.29 is 4.74 Å². The number of nitrogens with two attached hydrogens (primary N) is 1. The van der Waals surface area contributed by atoms with Gasteiger partial charge in [0.15, 0.2) is 0 Å². The summed E-state index contributed by atoms with van der Waals surface area (Å²) in [5.41, 5.74) is 5.57. The second-order valence-electron chi connectivity index (χ2n) is 5.31. The number of rotatable bonds is 3. The van der Waals surface area contributed by atoms with E-state index in [0.29, 0.717) is 5.92 Å². The summed E-state index contributed by atoms with van der Waals surface area (Å²) in [5.74, 6) is 8.26. The van der Waals surface area contributed by atoms with Crippen molar-refractivity contribution in [1.82, 2.24) is 5.43 Å². The minimum atomic E-state index is 0.248. The Morgan fingerprint density at radius 3 is 3.00 bits per heavy atom. The molecular weight excluding hydrogens is 212 g/mol. The summed E-state index contributed by atoms with van der Waals surface area (Å²) in [6.45, 7) is 3.12. The van der Waals surface area contributed by atoms with Crippen LogP contribution in [0.15, 0.2) is 18.2 Å². The minimum absolute atomic E-state index is 0.248. The molecule has 1 fully saturated rings. The molecular formula is C14H20N2O. The zero-order valence-electron chi connectivity index (χ0n) is 10.3. The maximum Gasteiger partial charge on any atom is 0.127 e. The third-order valence-electron chi connectivity index (χ3n) is 4.08. The highest BCUT2D eigenvalue weighted by atomic mass is 16.5. The third-order valence-corrected chi connectivity index (χ3v) is 4.08. The molecule has 0 spiro atoms. The zero-order valence-corrected chi connectivity index (χ0v) is 10.3. The SMILES string of the molecule is CC1CC1C(NN)c1cccc2c1OCCC2. The number of hydrogen-bond acceptors (Lipinski definition) is 3. The van der Waals surface area contributed by atoms with Crippen molar-refractivity contribution in [3.8, 4) is 5.75 Å². The lowest BCUT2D eigenvalue weighted by Crippen LogP contribution is -2.30. The van der Waals surface area contributed by atoms with Crippen molar-refractivity contribution in [3.05, 3.63) is 29.3 Å². The van der Waals surface area contributed by atoms with E-state index in [4.69, 9.17) is 10.6 Å². The summed E-state index contributed by atoms with van der Waals surface area (Å²) in [6.07, 6.45) is 3.51. The average Bonchev–Trinajstić information content (AvgIpc) is 3.08. The van der Waals surface area contributed by atoms with Crippen LogP contribution in [0.2, 0.25) is 0 Å². The summed E-state index contributed by atoms with van der Waals surface area (Å²) in [6, 6.07) is 6.69. The van der Waals surface area contributed by atoms with E-state index in [1.165, 1.54) is 17.5 Å². The van der Waals surface area contributed by atoms with Crippen LogP contribution in [0.4, 0.5) is 0 Å². The first kappa shape index (κ1) is 11.1. The van der Waals surface area contributed by atoms with Gasteiger partial charge in [0.25, 0.3) is 0 Å². The lowest BCUT2D eigenvalue weighted by Gasteiger charge is -2.25. The molecule has 3 unspecified atom stereocenters. The van der Waals surface area contributed by atoms with Crippen molar-refractivity contribution in [3.63, 3.8) is 0 Å². The Bertz CT molecular complexity index is 419. The van der Waals surface area contributed by atoms with Gasteiger partial charge in [-0.3, -0.25) is 11.3 Å². The predicted molar refractivity (Wildman–Crippen MR) is 67.6 cm³/mol. The predicted octanol–water partition coefficient (Wildman–Crippen LogP) is 2.17. The van der Waals surface area contributed by atoms with Crippen LogP contribution in [0.5, 0.6) is 5.75 Å². The van der Waals surface area contributed by atoms with Gasteiger partial charge in [-0.05, 0) is 36.7 Å². The summed E-state index contributed by atoms with van der Waals surface area (Å²) in [7, 11) is 0. The average molecular weight is 232 g/mol. The highest BCUT2D eigenvalue weighted by Crippen LogP contribution is 2.49. The van der Waals surface area contributed by atoms with Crippen LogP contribution in [0.25, 0.3) is 0 Å². The number of benzene rings is 1. The van der Waals surface area contributed by atoms with Gasteiger partial charge in [-0.25, -0.2) is 0 Å². The maximum atomic E-state index is 5.86. The Hall–Kier alpha value is -1.06. The lowest BCUT2D eigenvalue weighted by molar-refractivity contribution is 0.279. The molecule has 3 heteroatoms. The van der Waals surface area contributed by atoms with Crippen LogP contribution in [0, 0.1) is 11.8 Å². The van der Waals surface area contributed by atoms with Gasteiger partial charge in [-0.2, -0.15) is 0 Å². The van der Waals surface area contributed by atoms with Crippen LogP contribution in [-0.2, 0) is 6.42 Å². The van der Waals surface area contributed by atoms with Crippen LogP contribution in [0.3, 0.4) is 0 Å². The molecule has 1 aromatic carbocycles. The maximum absolute atomic E-state index is 5.86. The zero-order chi connectivity index (χ0) is 11.8. The number of fused-ring (bicyclic) bond motifs is 1. The monoisotopic (exact) mass is 232 g/mol. The molecule has 1 aliphatic carbocycles. The van der Waals surface area contributed by atoms with Crippen molar-refractivity contribution in [2.75, 3.05) is 6.61 Å². The minimum Gasteiger partial charge on any atom is -0.493 e. The van der Waals surface area contributed by atoms with Crippen LogP contribution < -0.4 is 16.0 Å². The number of nitrogens with one attached hydrogen (secondary N) is 1. The van der Waals surface area contributed by atoms with E-state index in [2.05, 4.69) is 30.5 Å². The Morgan fingerprint density at radius 1 is 1.47 bits per heavy atom. The Morgan fingerprint density at radius 2 is 2.29 bits per heavy atom. The first-order valence-corrected chi connectivity index (χ1v) is 6.52. The van der Waals surface area contributed by atoms with E-state index >= 15 is 0 Å². The van der Waals surface area contributed by atoms with Crippen molar-refractivity contribution in [2.24, 2.45) is 17.7 Å². The molecule has 3 N–H and O–H groups in total. The lowest BCUT2D eigenvalue weighted by atomic mass is 9.95. The third kappa shape index (κ3) is 1.94. The topological polar surface area (TPSA) is 47.3 Å². The van der Waals surface area contributed by atoms with Crippen molar-refractivity contribution in [1.29, 1.82) is 0 Å². The van der Waals surface area contributed by atoms with E-state index in [0.717, 1.165) is 31.1 Å². The first-order valence-electron chi connectivity index (χ1n) is 6.52. The molecule has 3 nitrogen and oxygen atoms in total. The van der Waals surface area contributed by atoms with E-state index in [9.17, 15) is 0 Å². The molecule has 0 amide bonds. The largest absolute Gasteiger partial charge is 0.493 e. The van der Waals surface area contributed by atoms with Gasteiger partial charge in [-0.1, -0.05) is 25.1 Å². The quantitative estimate of drug-likeness (QED) is 0.620. The van der Waals surface area contributed by atoms with Gasteiger partial charge in [0, 0.05) is 5.56 Å². The smallest absolute Gasteiger partial charge is 0.127 e. The van der Waals surface area contributed by atoms with Crippen LogP contribution in [-0.4, -0.2) is 6.61 Å². The van der Waals surface area contributed by atoms with E-state index in [-0.39, 0.29) is 6.04 Å². The molecule has 3 rings (SSSR count). The number of hydrogen-bond donors (Lipinski definition) is 2. The number of hydrazine groups is 1. The van der Waals surface area contributed by atoms with Gasteiger partial charge in [-0.15, -0.1) is 0 Å². The molecule has 0 saturated heterocycles. The molecule has 0 aromatic heterocycles. The van der Waals surface area contributed by atoms with E-state index < -0.39 is 0 Å². The highest BCUT2D eigenvalue weighted by Gasteiger charge is 2.41. The van der Waals surface area contributed by atoms with Gasteiger partial charge in [0.05, 0.1) is 12.6 Å². The van der Waals surface area contributed by atoms with E-state index in [1.54, 1.807) is 0 Å². The second-order valence-corrected chi connectivity index (χ2v) is 5.31. The van der Waals surface area contributed by atoms with Gasteiger partial charge < -0.3 is 4.74 Å². The molecule has 2 aliphatic rings. The normalized spacial score (nSPS) is 28.1. The van der Waals surface area contributed by atoms with Gasteiger partial charge in [0.1, 0.15) is 5.75 Å². The first-order chi connectivity index (χ1) is 8.31. The summed E-state index contributed by atoms with van der Waals surface area (Å²) in [5, 5.41) is 0. The Labute approximate surface area is 102 Å². The second kappa shape index (κ2) is 4.31. The molecule has 17 heavy (non-hydrogen) atoms. The highest BCUT2D eigenvalue weighted by molar-refractivity contribution is 5.45. The molecule has 1 aromatic rings. The Kier molecular flexibility index (Phi) is 2.81. The van der Waals surface area contributed by atoms with Crippen LogP contribution in [0.1, 0.15) is 36.9 Å². The fourth-order valence-corrected chi connectivity index (χ4v) is 2.92. The standard InChI is InChI=1S/C14H20N2O/c1-9-8-12(9)13(16-15)11-6-2-4-10-5-3-7-17-14(10)11/h2,4,6,9,12-13,16H,3,5,7-8,15H2,1H3. The summed E-state index contributed by atoms with van der Waals surface area (Å²) >= 11 is 0. The molecule has 1 saturated carbocycles. The molecule has 92 valence electrons. The fourth-order valence-electron chi connectivity index (χ4n) is 2.92. The number of ether oxygens (including phenoxy) is 1. The summed E-state index contributed by atoms with van der Waals surface area (Å²) in [4.78, 5) is 0. The molecule has 3 atom stereocenters. The molecule has 1 aliphatic heterocycles.